The van der Waals surface area contributed by atoms with Crippen LogP contribution >= 0.6 is 15.9 Å². The molecule has 136 valence electrons. The van der Waals surface area contributed by atoms with E-state index in [1.807, 2.05) is 4.90 Å². The number of amides is 1. The van der Waals surface area contributed by atoms with Gasteiger partial charge < -0.3 is 9.80 Å². The van der Waals surface area contributed by atoms with Crippen molar-refractivity contribution in [1.82, 2.24) is 4.90 Å². The third-order valence-electron chi connectivity index (χ3n) is 4.21. The van der Waals surface area contributed by atoms with Crippen LogP contribution in [0.5, 0.6) is 0 Å². The van der Waals surface area contributed by atoms with Gasteiger partial charge in [0, 0.05) is 42.3 Å². The number of hydrogen-bond donors (Lipinski definition) is 0. The fraction of sp³-hybridized carbons (Fsp3) is 0.235. The molecule has 2 aromatic carbocycles. The normalized spacial score (nSPS) is 14.4. The molecule has 0 atom stereocenters. The van der Waals surface area contributed by atoms with Crippen molar-refractivity contribution in [3.05, 3.63) is 68.2 Å². The molecule has 1 fully saturated rings. The molecule has 1 saturated heterocycles. The highest BCUT2D eigenvalue weighted by atomic mass is 79.9. The van der Waals surface area contributed by atoms with Crippen LogP contribution in [0.4, 0.5) is 20.2 Å². The Bertz CT molecular complexity index is 870. The summed E-state index contributed by atoms with van der Waals surface area (Å²) in [5, 5.41) is 11.3. The number of piperazine rings is 1. The monoisotopic (exact) mass is 425 g/mol. The Labute approximate surface area is 156 Å². The first kappa shape index (κ1) is 18.2. The van der Waals surface area contributed by atoms with Crippen molar-refractivity contribution in [3.8, 4) is 0 Å². The van der Waals surface area contributed by atoms with Crippen molar-refractivity contribution in [2.75, 3.05) is 31.1 Å². The van der Waals surface area contributed by atoms with Crippen LogP contribution in [0.1, 0.15) is 10.4 Å². The minimum atomic E-state index is -1.07. The maximum atomic E-state index is 13.3. The molecule has 0 unspecified atom stereocenters. The predicted octanol–water partition coefficient (Wildman–Crippen LogP) is 3.60. The van der Waals surface area contributed by atoms with E-state index in [9.17, 15) is 23.7 Å². The molecule has 0 aromatic heterocycles. The highest BCUT2D eigenvalue weighted by molar-refractivity contribution is 9.10. The quantitative estimate of drug-likeness (QED) is 0.556. The van der Waals surface area contributed by atoms with E-state index >= 15 is 0 Å². The summed E-state index contributed by atoms with van der Waals surface area (Å²) in [6.07, 6.45) is 0. The zero-order chi connectivity index (χ0) is 18.8. The number of hydrogen-bond acceptors (Lipinski definition) is 4. The number of anilines is 1. The van der Waals surface area contributed by atoms with Crippen molar-refractivity contribution in [2.24, 2.45) is 0 Å². The van der Waals surface area contributed by atoms with Gasteiger partial charge in [0.15, 0.2) is 11.6 Å². The van der Waals surface area contributed by atoms with Gasteiger partial charge in [0.05, 0.1) is 4.92 Å². The Hall–Kier alpha value is -2.55. The molecule has 9 heteroatoms. The Morgan fingerprint density at radius 3 is 2.35 bits per heavy atom. The van der Waals surface area contributed by atoms with Crippen LogP contribution in [-0.4, -0.2) is 41.9 Å². The van der Waals surface area contributed by atoms with Gasteiger partial charge in [-0.3, -0.25) is 14.9 Å². The number of nitro benzene ring substituents is 1. The molecule has 0 radical (unpaired) electrons. The molecule has 1 aliphatic heterocycles. The number of nitro groups is 1. The van der Waals surface area contributed by atoms with Crippen molar-refractivity contribution in [2.45, 2.75) is 0 Å². The number of rotatable bonds is 3. The van der Waals surface area contributed by atoms with E-state index in [0.717, 1.165) is 12.1 Å². The Kier molecular flexibility index (Phi) is 5.17. The third-order valence-corrected chi connectivity index (χ3v) is 4.70. The second-order valence-electron chi connectivity index (χ2n) is 5.80. The summed E-state index contributed by atoms with van der Waals surface area (Å²) in [7, 11) is 0. The van der Waals surface area contributed by atoms with Gasteiger partial charge in [-0.05, 0) is 30.3 Å². The van der Waals surface area contributed by atoms with E-state index in [1.54, 1.807) is 12.1 Å². The summed E-state index contributed by atoms with van der Waals surface area (Å²) >= 11 is 3.22. The number of nitrogens with zero attached hydrogens (tertiary/aromatic N) is 3. The standard InChI is InChI=1S/C17H14BrF2N3O3/c18-12-2-4-15(16(10-12)23(25)26)21-5-7-22(8-6-21)17(24)11-1-3-13(19)14(20)9-11/h1-4,9-10H,5-8H2. The molecule has 2 aromatic rings. The molecule has 26 heavy (non-hydrogen) atoms. The first-order chi connectivity index (χ1) is 12.4. The fourth-order valence-electron chi connectivity index (χ4n) is 2.87. The summed E-state index contributed by atoms with van der Waals surface area (Å²) in [5.74, 6) is -2.47. The van der Waals surface area contributed by atoms with Crippen LogP contribution in [0, 0.1) is 21.7 Å². The lowest BCUT2D eigenvalue weighted by molar-refractivity contribution is -0.384. The minimum absolute atomic E-state index is 0.0141. The van der Waals surface area contributed by atoms with E-state index < -0.39 is 22.5 Å². The molecular weight excluding hydrogens is 412 g/mol. The van der Waals surface area contributed by atoms with E-state index in [-0.39, 0.29) is 11.3 Å². The van der Waals surface area contributed by atoms with Crippen molar-refractivity contribution in [1.29, 1.82) is 0 Å². The van der Waals surface area contributed by atoms with E-state index in [0.29, 0.717) is 36.3 Å². The molecule has 1 aliphatic rings. The van der Waals surface area contributed by atoms with Gasteiger partial charge in [-0.1, -0.05) is 15.9 Å². The largest absolute Gasteiger partial charge is 0.362 e. The lowest BCUT2D eigenvalue weighted by atomic mass is 10.1. The van der Waals surface area contributed by atoms with Gasteiger partial charge in [-0.15, -0.1) is 0 Å². The highest BCUT2D eigenvalue weighted by Crippen LogP contribution is 2.31. The van der Waals surface area contributed by atoms with E-state index in [1.165, 1.54) is 17.0 Å². The lowest BCUT2D eigenvalue weighted by Crippen LogP contribution is -2.49. The Balaban J connectivity index is 1.72. The van der Waals surface area contributed by atoms with Crippen LogP contribution < -0.4 is 4.90 Å². The first-order valence-electron chi connectivity index (χ1n) is 7.80. The molecule has 0 bridgehead atoms. The molecule has 0 aliphatic carbocycles. The van der Waals surface area contributed by atoms with Crippen molar-refractivity contribution < 1.29 is 18.5 Å². The van der Waals surface area contributed by atoms with Crippen LogP contribution in [0.15, 0.2) is 40.9 Å². The molecule has 1 heterocycles. The summed E-state index contributed by atoms with van der Waals surface area (Å²) < 4.78 is 26.9. The van der Waals surface area contributed by atoms with Gasteiger partial charge in [0.1, 0.15) is 5.69 Å². The van der Waals surface area contributed by atoms with Crippen LogP contribution in [-0.2, 0) is 0 Å². The molecule has 0 spiro atoms. The zero-order valence-corrected chi connectivity index (χ0v) is 15.1. The molecule has 1 amide bonds. The van der Waals surface area contributed by atoms with Gasteiger partial charge >= 0.3 is 0 Å². The number of carbonyl (C=O) groups is 1. The molecular formula is C17H14BrF2N3O3. The SMILES string of the molecule is O=C(c1ccc(F)c(F)c1)N1CCN(c2ccc(Br)cc2[N+](=O)[O-])CC1. The van der Waals surface area contributed by atoms with Crippen molar-refractivity contribution >= 4 is 33.2 Å². The summed E-state index contributed by atoms with van der Waals surface area (Å²) in [6, 6.07) is 7.87. The summed E-state index contributed by atoms with van der Waals surface area (Å²) in [4.78, 5) is 26.6. The fourth-order valence-corrected chi connectivity index (χ4v) is 3.22. The van der Waals surface area contributed by atoms with E-state index in [2.05, 4.69) is 15.9 Å². The zero-order valence-electron chi connectivity index (χ0n) is 13.5. The molecule has 0 saturated carbocycles. The lowest BCUT2D eigenvalue weighted by Gasteiger charge is -2.35. The third kappa shape index (κ3) is 3.67. The van der Waals surface area contributed by atoms with E-state index in [4.69, 9.17) is 0 Å². The van der Waals surface area contributed by atoms with Gasteiger partial charge in [0.25, 0.3) is 11.6 Å². The maximum Gasteiger partial charge on any atom is 0.293 e. The summed E-state index contributed by atoms with van der Waals surface area (Å²) in [5.41, 5.74) is 0.546. The maximum absolute atomic E-state index is 13.3. The average Bonchev–Trinajstić information content (AvgIpc) is 2.63. The van der Waals surface area contributed by atoms with Gasteiger partial charge in [-0.2, -0.15) is 0 Å². The molecule has 3 rings (SSSR count). The second-order valence-corrected chi connectivity index (χ2v) is 6.71. The minimum Gasteiger partial charge on any atom is -0.362 e. The Morgan fingerprint density at radius 2 is 1.73 bits per heavy atom. The topological polar surface area (TPSA) is 66.7 Å². The molecule has 6 nitrogen and oxygen atoms in total. The van der Waals surface area contributed by atoms with Gasteiger partial charge in [0.2, 0.25) is 0 Å². The van der Waals surface area contributed by atoms with Crippen LogP contribution in [0.3, 0.4) is 0 Å². The predicted molar refractivity (Wildman–Crippen MR) is 95.3 cm³/mol. The molecule has 0 N–H and O–H groups in total. The van der Waals surface area contributed by atoms with Crippen LogP contribution in [0.2, 0.25) is 0 Å². The highest BCUT2D eigenvalue weighted by Gasteiger charge is 2.26. The van der Waals surface area contributed by atoms with Gasteiger partial charge in [-0.25, -0.2) is 8.78 Å². The van der Waals surface area contributed by atoms with Crippen molar-refractivity contribution in [3.63, 3.8) is 0 Å². The summed E-state index contributed by atoms with van der Waals surface area (Å²) in [6.45, 7) is 1.45. The Morgan fingerprint density at radius 1 is 1.04 bits per heavy atom. The smallest absolute Gasteiger partial charge is 0.293 e. The van der Waals surface area contributed by atoms with Crippen LogP contribution in [0.25, 0.3) is 0 Å². The second kappa shape index (κ2) is 7.36. The average molecular weight is 426 g/mol. The number of halogens is 3. The number of carbonyl (C=O) groups excluding carboxylic acids is 1. The first-order valence-corrected chi connectivity index (χ1v) is 8.59. The number of benzene rings is 2.